The van der Waals surface area contributed by atoms with Crippen LogP contribution in [0, 0.1) is 12.8 Å². The highest BCUT2D eigenvalue weighted by molar-refractivity contribution is 5.97. The number of rotatable bonds is 6. The smallest absolute Gasteiger partial charge is 0.228 e. The highest BCUT2D eigenvalue weighted by atomic mass is 16.5. The first-order valence-corrected chi connectivity index (χ1v) is 10.1. The summed E-state index contributed by atoms with van der Waals surface area (Å²) in [5, 5.41) is 10.6. The number of nitrogens with one attached hydrogen (secondary N) is 3. The zero-order valence-electron chi connectivity index (χ0n) is 17.6. The molecule has 3 aromatic heterocycles. The number of aryl methyl sites for hydroxylation is 2. The predicted molar refractivity (Wildman–Crippen MR) is 118 cm³/mol. The SMILES string of the molecule is COc1c(Nc2cc(NC(=O)C3CC3)nc3[nH]c(C)nc23)cccc1-c1cnn(C)c1. The fourth-order valence-corrected chi connectivity index (χ4v) is 3.63. The van der Waals surface area contributed by atoms with Crippen LogP contribution in [0.3, 0.4) is 0 Å². The molecule has 1 aromatic carbocycles. The van der Waals surface area contributed by atoms with E-state index in [1.807, 2.05) is 38.4 Å². The summed E-state index contributed by atoms with van der Waals surface area (Å²) < 4.78 is 7.50. The van der Waals surface area contributed by atoms with Crippen molar-refractivity contribution in [2.45, 2.75) is 19.8 Å². The van der Waals surface area contributed by atoms with Crippen LogP contribution in [0.1, 0.15) is 18.7 Å². The average molecular weight is 417 g/mol. The molecular weight excluding hydrogens is 394 g/mol. The van der Waals surface area contributed by atoms with Gasteiger partial charge in [-0.25, -0.2) is 9.97 Å². The monoisotopic (exact) mass is 417 g/mol. The molecule has 0 spiro atoms. The van der Waals surface area contributed by atoms with Crippen molar-refractivity contribution in [2.24, 2.45) is 13.0 Å². The first-order valence-electron chi connectivity index (χ1n) is 10.1. The van der Waals surface area contributed by atoms with E-state index in [0.717, 1.165) is 41.2 Å². The summed E-state index contributed by atoms with van der Waals surface area (Å²) in [7, 11) is 3.52. The van der Waals surface area contributed by atoms with Crippen LogP contribution in [0.5, 0.6) is 5.75 Å². The van der Waals surface area contributed by atoms with Crippen LogP contribution in [0.2, 0.25) is 0 Å². The van der Waals surface area contributed by atoms with E-state index in [4.69, 9.17) is 4.74 Å². The molecule has 31 heavy (non-hydrogen) atoms. The van der Waals surface area contributed by atoms with Crippen molar-refractivity contribution >= 4 is 34.3 Å². The number of methoxy groups -OCH3 is 1. The molecule has 0 unspecified atom stereocenters. The number of nitrogens with zero attached hydrogens (tertiary/aromatic N) is 4. The van der Waals surface area contributed by atoms with Gasteiger partial charge in [0.1, 0.15) is 22.9 Å². The fraction of sp³-hybridized carbons (Fsp3) is 0.273. The molecule has 0 bridgehead atoms. The Bertz CT molecular complexity index is 1290. The normalized spacial score (nSPS) is 13.4. The van der Waals surface area contributed by atoms with E-state index in [-0.39, 0.29) is 11.8 Å². The molecule has 1 saturated carbocycles. The second kappa shape index (κ2) is 7.42. The lowest BCUT2D eigenvalue weighted by molar-refractivity contribution is -0.117. The van der Waals surface area contributed by atoms with Crippen molar-refractivity contribution < 1.29 is 9.53 Å². The van der Waals surface area contributed by atoms with Crippen molar-refractivity contribution in [1.29, 1.82) is 0 Å². The van der Waals surface area contributed by atoms with Gasteiger partial charge in [-0.2, -0.15) is 5.10 Å². The highest BCUT2D eigenvalue weighted by Gasteiger charge is 2.30. The van der Waals surface area contributed by atoms with E-state index in [2.05, 4.69) is 30.7 Å². The minimum Gasteiger partial charge on any atom is -0.494 e. The molecule has 5 rings (SSSR count). The zero-order valence-corrected chi connectivity index (χ0v) is 17.6. The fourth-order valence-electron chi connectivity index (χ4n) is 3.63. The largest absolute Gasteiger partial charge is 0.494 e. The van der Waals surface area contributed by atoms with E-state index in [1.54, 1.807) is 24.1 Å². The number of pyridine rings is 1. The summed E-state index contributed by atoms with van der Waals surface area (Å²) >= 11 is 0. The number of hydrogen-bond donors (Lipinski definition) is 3. The molecule has 1 amide bonds. The lowest BCUT2D eigenvalue weighted by atomic mass is 10.1. The van der Waals surface area contributed by atoms with Gasteiger partial charge in [0.2, 0.25) is 5.91 Å². The van der Waals surface area contributed by atoms with Crippen molar-refractivity contribution in [3.63, 3.8) is 0 Å². The molecule has 0 atom stereocenters. The summed E-state index contributed by atoms with van der Waals surface area (Å²) in [5.74, 6) is 2.01. The number of anilines is 3. The van der Waals surface area contributed by atoms with Gasteiger partial charge in [-0.05, 0) is 25.8 Å². The summed E-state index contributed by atoms with van der Waals surface area (Å²) in [5.41, 5.74) is 4.67. The number of amides is 1. The Kier molecular flexibility index (Phi) is 4.58. The second-order valence-electron chi connectivity index (χ2n) is 7.75. The van der Waals surface area contributed by atoms with Crippen LogP contribution in [0.25, 0.3) is 22.3 Å². The number of carbonyl (C=O) groups excluding carboxylic acids is 1. The maximum absolute atomic E-state index is 12.3. The number of carbonyl (C=O) groups is 1. The summed E-state index contributed by atoms with van der Waals surface area (Å²) in [6, 6.07) is 7.69. The van der Waals surface area contributed by atoms with E-state index in [9.17, 15) is 4.79 Å². The molecule has 4 aromatic rings. The summed E-state index contributed by atoms with van der Waals surface area (Å²) in [4.78, 5) is 24.5. The second-order valence-corrected chi connectivity index (χ2v) is 7.75. The standard InChI is InChI=1S/C22H23N7O2/c1-12-24-19-17(9-18(27-21(19)25-12)28-22(30)13-7-8-13)26-16-6-4-5-15(20(16)31-3)14-10-23-29(2)11-14/h4-6,9-11,13H,7-8H2,1-3H3,(H3,24,25,26,27,28,30). The Morgan fingerprint density at radius 3 is 2.81 bits per heavy atom. The molecule has 1 aliphatic carbocycles. The predicted octanol–water partition coefficient (Wildman–Crippen LogP) is 3.77. The van der Waals surface area contributed by atoms with Crippen LogP contribution in [0.15, 0.2) is 36.7 Å². The maximum Gasteiger partial charge on any atom is 0.228 e. The molecular formula is C22H23N7O2. The molecule has 9 heteroatoms. The number of aromatic nitrogens is 5. The van der Waals surface area contributed by atoms with E-state index in [0.29, 0.717) is 22.7 Å². The van der Waals surface area contributed by atoms with Gasteiger partial charge < -0.3 is 20.4 Å². The molecule has 3 N–H and O–H groups in total. The molecule has 9 nitrogen and oxygen atoms in total. The maximum atomic E-state index is 12.3. The zero-order chi connectivity index (χ0) is 21.5. The van der Waals surface area contributed by atoms with Gasteiger partial charge in [0.05, 0.1) is 24.7 Å². The Morgan fingerprint density at radius 2 is 2.10 bits per heavy atom. The number of benzene rings is 1. The minimum atomic E-state index is 0.00481. The number of para-hydroxylation sites is 1. The summed E-state index contributed by atoms with van der Waals surface area (Å²) in [6.07, 6.45) is 5.60. The third kappa shape index (κ3) is 3.70. The Labute approximate surface area is 178 Å². The molecule has 0 saturated heterocycles. The van der Waals surface area contributed by atoms with Crippen LogP contribution >= 0.6 is 0 Å². The van der Waals surface area contributed by atoms with Gasteiger partial charge in [-0.1, -0.05) is 12.1 Å². The molecule has 0 aliphatic heterocycles. The van der Waals surface area contributed by atoms with Crippen LogP contribution in [0.4, 0.5) is 17.2 Å². The first kappa shape index (κ1) is 19.1. The third-order valence-corrected chi connectivity index (χ3v) is 5.28. The van der Waals surface area contributed by atoms with Crippen molar-refractivity contribution in [1.82, 2.24) is 24.7 Å². The van der Waals surface area contributed by atoms with Crippen molar-refractivity contribution in [2.75, 3.05) is 17.7 Å². The van der Waals surface area contributed by atoms with Gasteiger partial charge in [0.15, 0.2) is 5.65 Å². The van der Waals surface area contributed by atoms with Crippen molar-refractivity contribution in [3.05, 3.63) is 42.5 Å². The van der Waals surface area contributed by atoms with Crippen LogP contribution in [-0.2, 0) is 11.8 Å². The van der Waals surface area contributed by atoms with Crippen LogP contribution in [-0.4, -0.2) is 37.7 Å². The number of aromatic amines is 1. The molecule has 3 heterocycles. The first-order chi connectivity index (χ1) is 15.0. The van der Waals surface area contributed by atoms with Gasteiger partial charge in [0, 0.05) is 36.4 Å². The Balaban J connectivity index is 1.56. The number of fused-ring (bicyclic) bond motifs is 1. The molecule has 1 aliphatic rings. The lowest BCUT2D eigenvalue weighted by Crippen LogP contribution is -2.14. The molecule has 0 radical (unpaired) electrons. The van der Waals surface area contributed by atoms with Crippen molar-refractivity contribution in [3.8, 4) is 16.9 Å². The van der Waals surface area contributed by atoms with Crippen LogP contribution < -0.4 is 15.4 Å². The van der Waals surface area contributed by atoms with Gasteiger partial charge in [-0.3, -0.25) is 9.48 Å². The van der Waals surface area contributed by atoms with E-state index < -0.39 is 0 Å². The third-order valence-electron chi connectivity index (χ3n) is 5.28. The number of H-pyrrole nitrogens is 1. The van der Waals surface area contributed by atoms with Gasteiger partial charge in [0.25, 0.3) is 0 Å². The number of imidazole rings is 1. The minimum absolute atomic E-state index is 0.00481. The summed E-state index contributed by atoms with van der Waals surface area (Å²) in [6.45, 7) is 1.87. The van der Waals surface area contributed by atoms with E-state index >= 15 is 0 Å². The topological polar surface area (TPSA) is 110 Å². The Morgan fingerprint density at radius 1 is 1.26 bits per heavy atom. The lowest BCUT2D eigenvalue weighted by Gasteiger charge is -2.15. The quantitative estimate of drug-likeness (QED) is 0.441. The average Bonchev–Trinajstić information content (AvgIpc) is 3.40. The molecule has 158 valence electrons. The van der Waals surface area contributed by atoms with E-state index in [1.165, 1.54) is 0 Å². The number of hydrogen-bond acceptors (Lipinski definition) is 6. The van der Waals surface area contributed by atoms with Gasteiger partial charge in [-0.15, -0.1) is 0 Å². The molecule has 1 fully saturated rings. The van der Waals surface area contributed by atoms with Gasteiger partial charge >= 0.3 is 0 Å². The highest BCUT2D eigenvalue weighted by Crippen LogP contribution is 2.39. The Hall–Kier alpha value is -3.88. The number of ether oxygens (including phenoxy) is 1.